The molecular weight excluding hydrogens is 637 g/mol. The second-order valence-electron chi connectivity index (χ2n) is 13.2. The molecule has 0 saturated carbocycles. The minimum atomic E-state index is -3.99. The van der Waals surface area contributed by atoms with Gasteiger partial charge >= 0.3 is 6.97 Å². The topological polar surface area (TPSA) is 128 Å². The van der Waals surface area contributed by atoms with Crippen molar-refractivity contribution in [1.29, 1.82) is 5.26 Å². The minimum Gasteiger partial charge on any atom is -0.394 e. The van der Waals surface area contributed by atoms with E-state index in [0.29, 0.717) is 86.2 Å². The van der Waals surface area contributed by atoms with Crippen molar-refractivity contribution in [3.8, 4) is 6.19 Å². The molecule has 1 N–H and O–H groups in total. The number of aromatic nitrogens is 5. The van der Waals surface area contributed by atoms with Gasteiger partial charge in [0, 0.05) is 67.0 Å². The Morgan fingerprint density at radius 2 is 2.02 bits per heavy atom. The number of hydrogen-bond acceptors (Lipinski definition) is 8. The van der Waals surface area contributed by atoms with Crippen molar-refractivity contribution in [3.05, 3.63) is 62.8 Å². The fourth-order valence-electron chi connectivity index (χ4n) is 7.62. The molecule has 12 nitrogen and oxygen atoms in total. The first-order valence-electron chi connectivity index (χ1n) is 16.3. The number of hydrogen-bond donors (Lipinski definition) is 1. The summed E-state index contributed by atoms with van der Waals surface area (Å²) in [6, 6.07) is 1.84. The summed E-state index contributed by atoms with van der Waals surface area (Å²) in [5, 5.41) is 21.0. The molecule has 0 bridgehead atoms. The van der Waals surface area contributed by atoms with Crippen LogP contribution in [-0.4, -0.2) is 82.9 Å². The lowest BCUT2D eigenvalue weighted by atomic mass is 9.84. The van der Waals surface area contributed by atoms with Crippen molar-refractivity contribution in [2.24, 2.45) is 5.92 Å². The van der Waals surface area contributed by atoms with E-state index in [2.05, 4.69) is 26.8 Å². The lowest BCUT2D eigenvalue weighted by Gasteiger charge is -2.34. The summed E-state index contributed by atoms with van der Waals surface area (Å²) >= 11 is 1.38. The highest BCUT2D eigenvalue weighted by Gasteiger charge is 2.54. The first-order chi connectivity index (χ1) is 22.9. The minimum absolute atomic E-state index is 0.0499. The normalized spacial score (nSPS) is 19.7. The third-order valence-electron chi connectivity index (χ3n) is 9.79. The fourth-order valence-corrected chi connectivity index (χ4v) is 8.64. The van der Waals surface area contributed by atoms with Crippen LogP contribution in [0.2, 0.25) is 0 Å². The van der Waals surface area contributed by atoms with Gasteiger partial charge in [-0.2, -0.15) is 5.26 Å². The molecule has 3 aromatic heterocycles. The van der Waals surface area contributed by atoms with E-state index in [-0.39, 0.29) is 24.3 Å². The van der Waals surface area contributed by atoms with E-state index in [4.69, 9.17) is 5.26 Å². The maximum atomic E-state index is 15.8. The zero-order chi connectivity index (χ0) is 33.9. The average molecular weight is 675 g/mol. The summed E-state index contributed by atoms with van der Waals surface area (Å²) in [4.78, 5) is 34.8. The van der Waals surface area contributed by atoms with Crippen LogP contribution in [0.4, 0.5) is 13.8 Å². The smallest absolute Gasteiger partial charge is 0.394 e. The Hall–Kier alpha value is -4.65. The van der Waals surface area contributed by atoms with Crippen molar-refractivity contribution >= 4 is 46.5 Å². The molecule has 0 unspecified atom stereocenters. The van der Waals surface area contributed by atoms with Crippen LogP contribution in [0.3, 0.4) is 0 Å². The van der Waals surface area contributed by atoms with Crippen LogP contribution in [-0.2, 0) is 35.5 Å². The SMILES string of the molecule is CC1=CC(C)=[N+]2C1=C(CCCc1cn(CC(=O)N3CCc4nc(NC(=O)[C@H]5CCN(C#N)C5)sc4C3)nn1)c1c(C)cc(C)n1[B-]2(F)F. The molecule has 1 atom stereocenters. The van der Waals surface area contributed by atoms with Gasteiger partial charge in [0.15, 0.2) is 17.0 Å². The molecule has 1 fully saturated rings. The van der Waals surface area contributed by atoms with Gasteiger partial charge in [-0.1, -0.05) is 16.6 Å². The number of halogens is 2. The lowest BCUT2D eigenvalue weighted by Crippen LogP contribution is -2.51. The van der Waals surface area contributed by atoms with Crippen LogP contribution in [0, 0.1) is 31.2 Å². The number of carbonyl (C=O) groups excluding carboxylic acids is 2. The maximum Gasteiger partial charge on any atom is 0.737 e. The van der Waals surface area contributed by atoms with E-state index in [1.54, 1.807) is 34.5 Å². The predicted octanol–water partition coefficient (Wildman–Crippen LogP) is 3.88. The number of aryl methyl sites for hydroxylation is 3. The zero-order valence-electron chi connectivity index (χ0n) is 27.5. The highest BCUT2D eigenvalue weighted by Crippen LogP contribution is 2.43. The largest absolute Gasteiger partial charge is 0.737 e. The van der Waals surface area contributed by atoms with E-state index >= 15 is 8.63 Å². The molecule has 0 aliphatic carbocycles. The summed E-state index contributed by atoms with van der Waals surface area (Å²) < 4.78 is 35.7. The Morgan fingerprint density at radius 1 is 1.21 bits per heavy atom. The van der Waals surface area contributed by atoms with E-state index in [9.17, 15) is 9.59 Å². The summed E-state index contributed by atoms with van der Waals surface area (Å²) in [5.41, 5.74) is 6.57. The monoisotopic (exact) mass is 674 g/mol. The Morgan fingerprint density at radius 3 is 2.79 bits per heavy atom. The first kappa shape index (κ1) is 31.9. The number of nitrogens with one attached hydrogen (secondary N) is 1. The van der Waals surface area contributed by atoms with Crippen LogP contribution < -0.4 is 5.32 Å². The molecule has 16 heteroatoms. The highest BCUT2D eigenvalue weighted by atomic mass is 32.1. The average Bonchev–Trinajstić information content (AvgIpc) is 3.86. The molecule has 0 radical (unpaired) electrons. The first-order valence-corrected chi connectivity index (χ1v) is 17.1. The fraction of sp³-hybridized carbons (Fsp3) is 0.469. The number of anilines is 1. The van der Waals surface area contributed by atoms with E-state index < -0.39 is 6.97 Å². The molecule has 7 rings (SSSR count). The molecule has 0 spiro atoms. The summed E-state index contributed by atoms with van der Waals surface area (Å²) in [5.74, 6) is -0.456. The molecule has 1 saturated heterocycles. The van der Waals surface area contributed by atoms with Gasteiger partial charge in [0.25, 0.3) is 0 Å². The number of fused-ring (bicyclic) bond motifs is 3. The Balaban J connectivity index is 0.963. The summed E-state index contributed by atoms with van der Waals surface area (Å²) in [6.07, 6.45) is 8.81. The van der Waals surface area contributed by atoms with Crippen molar-refractivity contribution in [2.45, 2.75) is 72.9 Å². The van der Waals surface area contributed by atoms with Crippen LogP contribution in [0.15, 0.2) is 29.6 Å². The maximum absolute atomic E-state index is 15.8. The van der Waals surface area contributed by atoms with Gasteiger partial charge in [0.05, 0.1) is 23.9 Å². The molecule has 4 aliphatic heterocycles. The molecule has 4 aliphatic rings. The Labute approximate surface area is 281 Å². The van der Waals surface area contributed by atoms with E-state index in [1.165, 1.54) is 20.3 Å². The van der Waals surface area contributed by atoms with Gasteiger partial charge in [-0.05, 0) is 63.8 Å². The molecule has 3 aromatic rings. The second kappa shape index (κ2) is 12.1. The van der Waals surface area contributed by atoms with Crippen LogP contribution in [0.1, 0.15) is 66.3 Å². The standard InChI is InChI=1S/C32H37BF2N10O2S/c1-19-12-21(3)44-29(19)25(30-20(2)13-22(4)45(30)33(44,34)35)7-5-6-24-15-43(40-39-24)17-28(46)42-11-9-26-27(16-42)48-32(37-26)38-31(47)23-8-10-41(14-23)18-36/h12-13,15,23H,5-11,14,16-17H2,1-4H3,(H,37,38,47)/t23-/m0/s1. The number of likely N-dealkylation sites (tertiary alicyclic amines) is 1. The van der Waals surface area contributed by atoms with Crippen LogP contribution in [0.25, 0.3) is 5.57 Å². The number of carbonyl (C=O) groups is 2. The van der Waals surface area contributed by atoms with Crippen molar-refractivity contribution < 1.29 is 22.7 Å². The predicted molar refractivity (Wildman–Crippen MR) is 177 cm³/mol. The second-order valence-corrected chi connectivity index (χ2v) is 14.3. The van der Waals surface area contributed by atoms with Crippen molar-refractivity contribution in [1.82, 2.24) is 34.3 Å². The molecule has 48 heavy (non-hydrogen) atoms. The van der Waals surface area contributed by atoms with Gasteiger partial charge in [-0.3, -0.25) is 9.59 Å². The third kappa shape index (κ3) is 5.53. The number of thiazole rings is 1. The molecule has 250 valence electrons. The quantitative estimate of drug-likeness (QED) is 0.284. The van der Waals surface area contributed by atoms with E-state index in [0.717, 1.165) is 33.0 Å². The Kier molecular flexibility index (Phi) is 8.05. The molecule has 0 aromatic carbocycles. The summed E-state index contributed by atoms with van der Waals surface area (Å²) in [7, 11) is 0. The highest BCUT2D eigenvalue weighted by molar-refractivity contribution is 7.15. The van der Waals surface area contributed by atoms with E-state index in [1.807, 2.05) is 26.0 Å². The molecule has 7 heterocycles. The van der Waals surface area contributed by atoms with Gasteiger partial charge in [0.2, 0.25) is 11.8 Å². The number of amides is 2. The van der Waals surface area contributed by atoms with Crippen LogP contribution >= 0.6 is 11.3 Å². The number of nitriles is 1. The third-order valence-corrected chi connectivity index (χ3v) is 10.8. The number of nitrogens with zero attached hydrogens (tertiary/aromatic N) is 9. The van der Waals surface area contributed by atoms with Gasteiger partial charge in [0.1, 0.15) is 12.3 Å². The van der Waals surface area contributed by atoms with Crippen LogP contribution in [0.5, 0.6) is 0 Å². The molecule has 2 amide bonds. The lowest BCUT2D eigenvalue weighted by molar-refractivity contribution is -0.363. The Bertz CT molecular complexity index is 1980. The van der Waals surface area contributed by atoms with Crippen molar-refractivity contribution in [2.75, 3.05) is 25.0 Å². The van der Waals surface area contributed by atoms with Crippen molar-refractivity contribution in [3.63, 3.8) is 0 Å². The van der Waals surface area contributed by atoms with Gasteiger partial charge in [-0.15, -0.1) is 5.10 Å². The molecular formula is C32H37BF2N10O2S. The zero-order valence-corrected chi connectivity index (χ0v) is 28.3. The van der Waals surface area contributed by atoms with Gasteiger partial charge in [-0.25, -0.2) is 9.67 Å². The number of rotatable bonds is 8. The summed E-state index contributed by atoms with van der Waals surface area (Å²) in [6.45, 7) is 5.26. The van der Waals surface area contributed by atoms with Gasteiger partial charge < -0.3 is 32.7 Å². The number of allylic oxidation sites excluding steroid dienone is 3.